The molecule has 0 fully saturated rings. The first-order valence-corrected chi connectivity index (χ1v) is 8.27. The van der Waals surface area contributed by atoms with Crippen molar-refractivity contribution in [1.82, 2.24) is 5.32 Å². The molecule has 0 radical (unpaired) electrons. The van der Waals surface area contributed by atoms with E-state index in [4.69, 9.17) is 0 Å². The van der Waals surface area contributed by atoms with Gasteiger partial charge < -0.3 is 10.2 Å². The molecule has 26 heavy (non-hydrogen) atoms. The monoisotopic (exact) mass is 356 g/mol. The van der Waals surface area contributed by atoms with Gasteiger partial charge >= 0.3 is 0 Å². The van der Waals surface area contributed by atoms with Gasteiger partial charge in [-0.25, -0.2) is 4.39 Å². The molecule has 0 aliphatic carbocycles. The van der Waals surface area contributed by atoms with Crippen molar-refractivity contribution in [3.8, 4) is 0 Å². The summed E-state index contributed by atoms with van der Waals surface area (Å²) in [5.41, 5.74) is 1.88. The van der Waals surface area contributed by atoms with Gasteiger partial charge in [-0.05, 0) is 36.8 Å². The number of carbonyl (C=O) groups excluding carboxylic acids is 3. The zero-order valence-corrected chi connectivity index (χ0v) is 14.8. The molecule has 0 bridgehead atoms. The summed E-state index contributed by atoms with van der Waals surface area (Å²) < 4.78 is 12.9. The van der Waals surface area contributed by atoms with Gasteiger partial charge in [-0.2, -0.15) is 0 Å². The highest BCUT2D eigenvalue weighted by atomic mass is 19.1. The first-order chi connectivity index (χ1) is 12.4. The van der Waals surface area contributed by atoms with Crippen LogP contribution in [0.4, 0.5) is 10.1 Å². The number of ketones is 1. The largest absolute Gasteiger partial charge is 0.352 e. The molecule has 2 aromatic rings. The van der Waals surface area contributed by atoms with Gasteiger partial charge in [-0.15, -0.1) is 0 Å². The minimum Gasteiger partial charge on any atom is -0.352 e. The van der Waals surface area contributed by atoms with Crippen LogP contribution in [0.1, 0.15) is 36.2 Å². The molecule has 0 heterocycles. The second-order valence-corrected chi connectivity index (χ2v) is 5.93. The Hall–Kier alpha value is -3.02. The summed E-state index contributed by atoms with van der Waals surface area (Å²) >= 11 is 0. The summed E-state index contributed by atoms with van der Waals surface area (Å²) in [6.45, 7) is 3.36. The normalized spacial score (nSPS) is 10.3. The molecule has 0 atom stereocenters. The van der Waals surface area contributed by atoms with Gasteiger partial charge in [0.25, 0.3) is 0 Å². The molecular weight excluding hydrogens is 335 g/mol. The summed E-state index contributed by atoms with van der Waals surface area (Å²) in [5.74, 6) is -0.849. The van der Waals surface area contributed by atoms with Crippen molar-refractivity contribution in [2.45, 2.75) is 26.8 Å². The van der Waals surface area contributed by atoms with Crippen LogP contribution in [0.2, 0.25) is 0 Å². The highest BCUT2D eigenvalue weighted by molar-refractivity contribution is 5.97. The minimum absolute atomic E-state index is 0.0904. The van der Waals surface area contributed by atoms with E-state index in [-0.39, 0.29) is 36.4 Å². The molecule has 136 valence electrons. The fourth-order valence-corrected chi connectivity index (χ4v) is 2.47. The van der Waals surface area contributed by atoms with Crippen LogP contribution in [-0.2, 0) is 16.1 Å². The molecule has 0 aromatic heterocycles. The molecule has 0 spiro atoms. The highest BCUT2D eigenvalue weighted by Gasteiger charge is 2.14. The third-order valence-corrected chi connectivity index (χ3v) is 3.91. The van der Waals surface area contributed by atoms with Gasteiger partial charge in [0, 0.05) is 37.7 Å². The summed E-state index contributed by atoms with van der Waals surface area (Å²) in [5, 5.41) is 2.74. The van der Waals surface area contributed by atoms with Crippen molar-refractivity contribution in [2.75, 3.05) is 11.4 Å². The Morgan fingerprint density at radius 1 is 1.04 bits per heavy atom. The lowest BCUT2D eigenvalue weighted by Gasteiger charge is -2.21. The van der Waals surface area contributed by atoms with E-state index >= 15 is 0 Å². The van der Waals surface area contributed by atoms with E-state index in [1.54, 1.807) is 36.4 Å². The van der Waals surface area contributed by atoms with E-state index in [0.29, 0.717) is 17.8 Å². The molecule has 0 saturated carbocycles. The van der Waals surface area contributed by atoms with Crippen LogP contribution in [0.15, 0.2) is 48.5 Å². The SMILES string of the molecule is CC(=O)c1cccc(N(CCC(=O)NCc2ccc(F)cc2)C(C)=O)c1. The smallest absolute Gasteiger partial charge is 0.223 e. The quantitative estimate of drug-likeness (QED) is 0.775. The molecule has 0 saturated heterocycles. The Morgan fingerprint density at radius 3 is 2.35 bits per heavy atom. The van der Waals surface area contributed by atoms with Crippen LogP contribution in [0.25, 0.3) is 0 Å². The average molecular weight is 356 g/mol. The van der Waals surface area contributed by atoms with Crippen LogP contribution in [-0.4, -0.2) is 24.1 Å². The second-order valence-electron chi connectivity index (χ2n) is 5.93. The molecule has 0 aliphatic heterocycles. The predicted octanol–water partition coefficient (Wildman–Crippen LogP) is 3.09. The fourth-order valence-electron chi connectivity index (χ4n) is 2.47. The van der Waals surface area contributed by atoms with Gasteiger partial charge in [0.2, 0.25) is 11.8 Å². The molecule has 2 aromatic carbocycles. The number of benzene rings is 2. The first-order valence-electron chi connectivity index (χ1n) is 8.27. The van der Waals surface area contributed by atoms with Crippen molar-refractivity contribution in [1.29, 1.82) is 0 Å². The van der Waals surface area contributed by atoms with Crippen molar-refractivity contribution < 1.29 is 18.8 Å². The van der Waals surface area contributed by atoms with E-state index in [1.165, 1.54) is 30.9 Å². The Balaban J connectivity index is 1.94. The Morgan fingerprint density at radius 2 is 1.73 bits per heavy atom. The number of carbonyl (C=O) groups is 3. The van der Waals surface area contributed by atoms with Crippen LogP contribution >= 0.6 is 0 Å². The van der Waals surface area contributed by atoms with Gasteiger partial charge in [0.1, 0.15) is 5.82 Å². The second kappa shape index (κ2) is 8.89. The van der Waals surface area contributed by atoms with Gasteiger partial charge in [-0.3, -0.25) is 14.4 Å². The lowest BCUT2D eigenvalue weighted by Crippen LogP contribution is -2.33. The molecule has 2 rings (SSSR count). The summed E-state index contributed by atoms with van der Waals surface area (Å²) in [6.07, 6.45) is 0.116. The lowest BCUT2D eigenvalue weighted by atomic mass is 10.1. The molecule has 2 amide bonds. The van der Waals surface area contributed by atoms with Crippen molar-refractivity contribution >= 4 is 23.3 Å². The Kier molecular flexibility index (Phi) is 6.60. The van der Waals surface area contributed by atoms with E-state index in [9.17, 15) is 18.8 Å². The van der Waals surface area contributed by atoms with Crippen LogP contribution in [0.3, 0.4) is 0 Å². The highest BCUT2D eigenvalue weighted by Crippen LogP contribution is 2.17. The van der Waals surface area contributed by atoms with Crippen LogP contribution in [0, 0.1) is 5.82 Å². The summed E-state index contributed by atoms with van der Waals surface area (Å²) in [4.78, 5) is 36.9. The third-order valence-electron chi connectivity index (χ3n) is 3.91. The molecule has 6 heteroatoms. The van der Waals surface area contributed by atoms with E-state index in [1.807, 2.05) is 0 Å². The number of hydrogen-bond acceptors (Lipinski definition) is 3. The summed E-state index contributed by atoms with van der Waals surface area (Å²) in [6, 6.07) is 12.6. The molecule has 0 unspecified atom stereocenters. The number of Topliss-reactive ketones (excluding diaryl/α,β-unsaturated/α-hetero) is 1. The number of amides is 2. The van der Waals surface area contributed by atoms with Crippen LogP contribution in [0.5, 0.6) is 0 Å². The Labute approximate surface area is 151 Å². The number of halogens is 1. The van der Waals surface area contributed by atoms with Crippen molar-refractivity contribution in [2.24, 2.45) is 0 Å². The summed E-state index contributed by atoms with van der Waals surface area (Å²) in [7, 11) is 0. The molecular formula is C20H21FN2O3. The third kappa shape index (κ3) is 5.51. The first kappa shape index (κ1) is 19.3. The standard InChI is InChI=1S/C20H21FN2O3/c1-14(24)17-4-3-5-19(12-17)23(15(2)25)11-10-20(26)22-13-16-6-8-18(21)9-7-16/h3-9,12H,10-11,13H2,1-2H3,(H,22,26). The molecule has 1 N–H and O–H groups in total. The zero-order valence-electron chi connectivity index (χ0n) is 14.8. The average Bonchev–Trinajstić information content (AvgIpc) is 2.61. The number of nitrogens with zero attached hydrogens (tertiary/aromatic N) is 1. The van der Waals surface area contributed by atoms with Gasteiger partial charge in [0.05, 0.1) is 0 Å². The maximum Gasteiger partial charge on any atom is 0.223 e. The number of hydrogen-bond donors (Lipinski definition) is 1. The molecule has 5 nitrogen and oxygen atoms in total. The van der Waals surface area contributed by atoms with Crippen molar-refractivity contribution in [3.63, 3.8) is 0 Å². The van der Waals surface area contributed by atoms with E-state index < -0.39 is 0 Å². The minimum atomic E-state index is -0.329. The zero-order chi connectivity index (χ0) is 19.1. The van der Waals surface area contributed by atoms with E-state index in [2.05, 4.69) is 5.32 Å². The molecule has 0 aliphatic rings. The van der Waals surface area contributed by atoms with Gasteiger partial charge in [-0.1, -0.05) is 24.3 Å². The fraction of sp³-hybridized carbons (Fsp3) is 0.250. The number of nitrogens with one attached hydrogen (secondary N) is 1. The van der Waals surface area contributed by atoms with Gasteiger partial charge in [0.15, 0.2) is 5.78 Å². The lowest BCUT2D eigenvalue weighted by molar-refractivity contribution is -0.121. The Bertz CT molecular complexity index is 803. The predicted molar refractivity (Wildman–Crippen MR) is 97.3 cm³/mol. The maximum absolute atomic E-state index is 12.9. The number of anilines is 1. The van der Waals surface area contributed by atoms with Crippen molar-refractivity contribution in [3.05, 3.63) is 65.5 Å². The van der Waals surface area contributed by atoms with E-state index in [0.717, 1.165) is 5.56 Å². The van der Waals surface area contributed by atoms with Crippen LogP contribution < -0.4 is 10.2 Å². The maximum atomic E-state index is 12.9. The topological polar surface area (TPSA) is 66.5 Å². The number of rotatable bonds is 7.